The minimum atomic E-state index is -0.681. The van der Waals surface area contributed by atoms with Crippen LogP contribution in [0.2, 0.25) is 0 Å². The summed E-state index contributed by atoms with van der Waals surface area (Å²) in [7, 11) is 1.56. The van der Waals surface area contributed by atoms with Crippen LogP contribution in [0.25, 0.3) is 0 Å². The first-order valence-electron chi connectivity index (χ1n) is 8.85. The number of nitrogen functional groups attached to an aromatic ring is 1. The molecule has 2 aromatic rings. The number of nitrogens with two attached hydrogens (primary N) is 1. The van der Waals surface area contributed by atoms with Crippen LogP contribution in [-0.2, 0) is 11.3 Å². The molecule has 0 aliphatic rings. The van der Waals surface area contributed by atoms with E-state index in [4.69, 9.17) is 10.5 Å². The van der Waals surface area contributed by atoms with Gasteiger partial charge in [-0.3, -0.25) is 19.1 Å². The highest BCUT2D eigenvalue weighted by Crippen LogP contribution is 2.20. The number of benzene rings is 1. The number of aromatic amines is 1. The second-order valence-electron chi connectivity index (χ2n) is 6.67. The number of hydrogen-bond acceptors (Lipinski definition) is 5. The lowest BCUT2D eigenvalue weighted by molar-refractivity contribution is 0.0983. The molecule has 3 N–H and O–H groups in total. The van der Waals surface area contributed by atoms with Crippen LogP contribution in [0.3, 0.4) is 0 Å². The summed E-state index contributed by atoms with van der Waals surface area (Å²) in [6.45, 7) is 4.85. The number of nitrogens with zero attached hydrogens (tertiary/aromatic N) is 2. The monoisotopic (exact) mass is 374 g/mol. The van der Waals surface area contributed by atoms with E-state index in [2.05, 4.69) is 4.98 Å². The normalized spacial score (nSPS) is 11.0. The van der Waals surface area contributed by atoms with E-state index in [0.717, 1.165) is 0 Å². The summed E-state index contributed by atoms with van der Waals surface area (Å²) >= 11 is 0. The predicted octanol–water partition coefficient (Wildman–Crippen LogP) is 1.46. The van der Waals surface area contributed by atoms with Gasteiger partial charge in [-0.25, -0.2) is 4.79 Å². The minimum absolute atomic E-state index is 0.0137. The molecule has 0 atom stereocenters. The summed E-state index contributed by atoms with van der Waals surface area (Å²) in [5.41, 5.74) is 5.32. The number of carbonyl (C=O) groups is 1. The van der Waals surface area contributed by atoms with Crippen LogP contribution in [0, 0.1) is 5.92 Å². The summed E-state index contributed by atoms with van der Waals surface area (Å²) in [5.74, 6) is -0.242. The van der Waals surface area contributed by atoms with Crippen molar-refractivity contribution in [2.45, 2.75) is 26.8 Å². The lowest BCUT2D eigenvalue weighted by atomic mass is 10.1. The van der Waals surface area contributed by atoms with Gasteiger partial charge in [-0.2, -0.15) is 0 Å². The first-order chi connectivity index (χ1) is 12.9. The van der Waals surface area contributed by atoms with Crippen molar-refractivity contribution in [1.82, 2.24) is 9.55 Å². The number of ether oxygens (including phenoxy) is 1. The molecule has 0 aliphatic carbocycles. The molecule has 0 fully saturated rings. The van der Waals surface area contributed by atoms with Crippen LogP contribution in [0.15, 0.2) is 39.9 Å². The number of carbonyl (C=O) groups excluding carboxylic acids is 1. The Morgan fingerprint density at radius 3 is 2.52 bits per heavy atom. The molecule has 1 amide bonds. The number of aromatic nitrogens is 2. The molecule has 0 radical (unpaired) electrons. The highest BCUT2D eigenvalue weighted by atomic mass is 16.5. The zero-order valence-corrected chi connectivity index (χ0v) is 15.9. The Morgan fingerprint density at radius 1 is 1.26 bits per heavy atom. The summed E-state index contributed by atoms with van der Waals surface area (Å²) in [4.78, 5) is 41.4. The van der Waals surface area contributed by atoms with Gasteiger partial charge in [-0.15, -0.1) is 0 Å². The number of H-pyrrole nitrogens is 1. The van der Waals surface area contributed by atoms with Gasteiger partial charge in [0.2, 0.25) is 0 Å². The first kappa shape index (κ1) is 20.4. The highest BCUT2D eigenvalue weighted by Gasteiger charge is 2.25. The Kier molecular flexibility index (Phi) is 6.95. The maximum Gasteiger partial charge on any atom is 0.330 e. The fraction of sp³-hybridized carbons (Fsp3) is 0.421. The molecule has 146 valence electrons. The van der Waals surface area contributed by atoms with E-state index < -0.39 is 11.2 Å². The topological polar surface area (TPSA) is 110 Å². The molecule has 0 saturated carbocycles. The van der Waals surface area contributed by atoms with Crippen molar-refractivity contribution in [3.63, 3.8) is 0 Å². The molecule has 0 bridgehead atoms. The molecule has 2 rings (SSSR count). The molecule has 0 spiro atoms. The maximum atomic E-state index is 13.1. The van der Waals surface area contributed by atoms with Gasteiger partial charge < -0.3 is 15.4 Å². The molecule has 0 aliphatic heterocycles. The summed E-state index contributed by atoms with van der Waals surface area (Å²) < 4.78 is 6.35. The molecular weight excluding hydrogens is 348 g/mol. The minimum Gasteiger partial charge on any atom is -0.385 e. The van der Waals surface area contributed by atoms with Gasteiger partial charge in [-0.05, 0) is 24.5 Å². The van der Waals surface area contributed by atoms with E-state index >= 15 is 0 Å². The number of hydrogen-bond donors (Lipinski definition) is 2. The Hall–Kier alpha value is -2.87. The van der Waals surface area contributed by atoms with Crippen LogP contribution >= 0.6 is 0 Å². The fourth-order valence-electron chi connectivity index (χ4n) is 2.80. The van der Waals surface area contributed by atoms with E-state index in [9.17, 15) is 14.4 Å². The zero-order valence-electron chi connectivity index (χ0n) is 15.9. The highest BCUT2D eigenvalue weighted by molar-refractivity contribution is 6.07. The Morgan fingerprint density at radius 2 is 1.93 bits per heavy atom. The molecule has 8 heteroatoms. The average molecular weight is 374 g/mol. The standard InChI is InChI=1S/C19H26N4O4/c1-13(2)12-23-16(20)15(17(24)21-19(23)26)22(10-7-11-27-3)18(25)14-8-5-4-6-9-14/h4-6,8-9,13H,7,10-12,20H2,1-3H3,(H,21,24,26). The third-order valence-electron chi connectivity index (χ3n) is 4.03. The van der Waals surface area contributed by atoms with E-state index in [-0.39, 0.29) is 29.9 Å². The van der Waals surface area contributed by atoms with E-state index in [1.807, 2.05) is 13.8 Å². The molecule has 27 heavy (non-hydrogen) atoms. The number of rotatable bonds is 8. The SMILES string of the molecule is COCCCN(C(=O)c1ccccc1)c1c(N)n(CC(C)C)c(=O)[nH]c1=O. The number of amides is 1. The lowest BCUT2D eigenvalue weighted by Crippen LogP contribution is -2.42. The smallest absolute Gasteiger partial charge is 0.330 e. The van der Waals surface area contributed by atoms with Gasteiger partial charge in [0.05, 0.1) is 0 Å². The van der Waals surface area contributed by atoms with Gasteiger partial charge in [0, 0.05) is 32.4 Å². The van der Waals surface area contributed by atoms with Crippen LogP contribution < -0.4 is 21.9 Å². The second kappa shape index (κ2) is 9.18. The van der Waals surface area contributed by atoms with E-state index in [1.165, 1.54) is 9.47 Å². The van der Waals surface area contributed by atoms with Crippen molar-refractivity contribution in [1.29, 1.82) is 0 Å². The largest absolute Gasteiger partial charge is 0.385 e. The van der Waals surface area contributed by atoms with Crippen molar-refractivity contribution in [2.75, 3.05) is 30.9 Å². The first-order valence-corrected chi connectivity index (χ1v) is 8.85. The van der Waals surface area contributed by atoms with Crippen LogP contribution in [0.4, 0.5) is 11.5 Å². The molecule has 8 nitrogen and oxygen atoms in total. The quantitative estimate of drug-likeness (QED) is 0.680. The second-order valence-corrected chi connectivity index (χ2v) is 6.67. The number of methoxy groups -OCH3 is 1. The fourth-order valence-corrected chi connectivity index (χ4v) is 2.80. The number of anilines is 2. The molecule has 0 saturated heterocycles. The van der Waals surface area contributed by atoms with Crippen LogP contribution in [0.5, 0.6) is 0 Å². The average Bonchev–Trinajstić information content (AvgIpc) is 2.64. The summed E-state index contributed by atoms with van der Waals surface area (Å²) in [6, 6.07) is 8.62. The zero-order chi connectivity index (χ0) is 20.0. The lowest BCUT2D eigenvalue weighted by Gasteiger charge is -2.25. The van der Waals surface area contributed by atoms with Crippen molar-refractivity contribution < 1.29 is 9.53 Å². The number of nitrogens with one attached hydrogen (secondary N) is 1. The van der Waals surface area contributed by atoms with Gasteiger partial charge in [-0.1, -0.05) is 32.0 Å². The summed E-state index contributed by atoms with van der Waals surface area (Å²) in [5, 5.41) is 0. The van der Waals surface area contributed by atoms with E-state index in [0.29, 0.717) is 25.1 Å². The van der Waals surface area contributed by atoms with Crippen molar-refractivity contribution in [3.05, 3.63) is 56.7 Å². The molecule has 1 aromatic carbocycles. The Bertz CT molecular complexity index is 887. The summed E-state index contributed by atoms with van der Waals surface area (Å²) in [6.07, 6.45) is 0.511. The van der Waals surface area contributed by atoms with Crippen molar-refractivity contribution >= 4 is 17.4 Å². The maximum absolute atomic E-state index is 13.1. The predicted molar refractivity (Wildman–Crippen MR) is 105 cm³/mol. The van der Waals surface area contributed by atoms with Crippen LogP contribution in [-0.4, -0.2) is 35.7 Å². The van der Waals surface area contributed by atoms with Gasteiger partial charge >= 0.3 is 5.69 Å². The van der Waals surface area contributed by atoms with Gasteiger partial charge in [0.25, 0.3) is 11.5 Å². The van der Waals surface area contributed by atoms with Crippen LogP contribution in [0.1, 0.15) is 30.6 Å². The van der Waals surface area contributed by atoms with E-state index in [1.54, 1.807) is 37.4 Å². The molecular formula is C19H26N4O4. The Balaban J connectivity index is 2.56. The molecule has 0 unspecified atom stereocenters. The third-order valence-corrected chi connectivity index (χ3v) is 4.03. The third kappa shape index (κ3) is 4.85. The molecule has 1 heterocycles. The molecule has 1 aromatic heterocycles. The van der Waals surface area contributed by atoms with Gasteiger partial charge in [0.15, 0.2) is 5.69 Å². The van der Waals surface area contributed by atoms with Gasteiger partial charge in [0.1, 0.15) is 5.82 Å². The van der Waals surface area contributed by atoms with Crippen molar-refractivity contribution in [2.24, 2.45) is 5.92 Å². The Labute approximate surface area is 157 Å². The van der Waals surface area contributed by atoms with Crippen molar-refractivity contribution in [3.8, 4) is 0 Å².